The van der Waals surface area contributed by atoms with E-state index in [1.807, 2.05) is 62.4 Å². The van der Waals surface area contributed by atoms with Crippen molar-refractivity contribution in [3.8, 4) is 0 Å². The van der Waals surface area contributed by atoms with Crippen LogP contribution in [0.2, 0.25) is 0 Å². The maximum absolute atomic E-state index is 12.9. The van der Waals surface area contributed by atoms with Crippen molar-refractivity contribution in [2.45, 2.75) is 20.3 Å². The van der Waals surface area contributed by atoms with Crippen LogP contribution >= 0.6 is 11.6 Å². The van der Waals surface area contributed by atoms with Crippen molar-refractivity contribution in [2.24, 2.45) is 0 Å². The molecule has 3 aromatic rings. The zero-order valence-electron chi connectivity index (χ0n) is 18.9. The Bertz CT molecular complexity index is 1300. The van der Waals surface area contributed by atoms with Crippen molar-refractivity contribution in [1.29, 1.82) is 0 Å². The molecule has 1 aliphatic rings. The molecule has 0 atom stereocenters. The Labute approximate surface area is 203 Å². The van der Waals surface area contributed by atoms with E-state index in [1.54, 1.807) is 24.3 Å². The number of aryl methyl sites for hydroxylation is 1. The van der Waals surface area contributed by atoms with Crippen LogP contribution in [0.25, 0.3) is 0 Å². The lowest BCUT2D eigenvalue weighted by molar-refractivity contribution is -0.137. The summed E-state index contributed by atoms with van der Waals surface area (Å²) in [5.74, 6) is -1.30. The minimum Gasteiger partial charge on any atom is -0.350 e. The van der Waals surface area contributed by atoms with Gasteiger partial charge in [0.2, 0.25) is 0 Å². The zero-order chi connectivity index (χ0) is 24.2. The molecule has 0 saturated heterocycles. The summed E-state index contributed by atoms with van der Waals surface area (Å²) in [5, 5.41) is 5.69. The van der Waals surface area contributed by atoms with E-state index in [9.17, 15) is 14.4 Å². The van der Waals surface area contributed by atoms with Crippen molar-refractivity contribution < 1.29 is 14.4 Å². The highest BCUT2D eigenvalue weighted by Crippen LogP contribution is 2.26. The molecule has 172 valence electrons. The summed E-state index contributed by atoms with van der Waals surface area (Å²) < 4.78 is 0. The summed E-state index contributed by atoms with van der Waals surface area (Å²) in [4.78, 5) is 39.4. The molecule has 0 aliphatic carbocycles. The molecule has 0 fully saturated rings. The Morgan fingerprint density at radius 1 is 0.912 bits per heavy atom. The second-order valence-electron chi connectivity index (χ2n) is 8.09. The molecule has 0 radical (unpaired) electrons. The third-order valence-electron chi connectivity index (χ3n) is 5.83. The number of imide groups is 1. The molecule has 0 aromatic heterocycles. The number of amides is 3. The maximum atomic E-state index is 12.9. The van der Waals surface area contributed by atoms with E-state index >= 15 is 0 Å². The molecule has 4 rings (SSSR count). The highest BCUT2D eigenvalue weighted by atomic mass is 35.5. The lowest BCUT2D eigenvalue weighted by atomic mass is 10.1. The number of nitrogens with one attached hydrogen (secondary N) is 2. The highest BCUT2D eigenvalue weighted by molar-refractivity contribution is 6.48. The summed E-state index contributed by atoms with van der Waals surface area (Å²) in [7, 11) is 0. The van der Waals surface area contributed by atoms with Crippen LogP contribution in [-0.2, 0) is 16.0 Å². The molecular formula is C27H24ClN3O3. The fourth-order valence-corrected chi connectivity index (χ4v) is 3.94. The molecule has 2 N–H and O–H groups in total. The molecule has 7 heteroatoms. The molecule has 34 heavy (non-hydrogen) atoms. The minimum absolute atomic E-state index is 0.00631. The Hall–Kier alpha value is -3.90. The lowest BCUT2D eigenvalue weighted by Crippen LogP contribution is -2.34. The molecule has 1 aliphatic heterocycles. The highest BCUT2D eigenvalue weighted by Gasteiger charge is 2.37. The van der Waals surface area contributed by atoms with Crippen molar-refractivity contribution in [3.05, 3.63) is 106 Å². The van der Waals surface area contributed by atoms with Crippen LogP contribution in [0.5, 0.6) is 0 Å². The van der Waals surface area contributed by atoms with Gasteiger partial charge in [-0.2, -0.15) is 0 Å². The summed E-state index contributed by atoms with van der Waals surface area (Å²) >= 11 is 6.22. The van der Waals surface area contributed by atoms with Gasteiger partial charge in [0.05, 0.1) is 0 Å². The minimum atomic E-state index is -0.533. The van der Waals surface area contributed by atoms with Gasteiger partial charge in [-0.05, 0) is 61.2 Å². The molecule has 0 unspecified atom stereocenters. The van der Waals surface area contributed by atoms with E-state index in [2.05, 4.69) is 10.6 Å². The van der Waals surface area contributed by atoms with Crippen molar-refractivity contribution >= 4 is 40.7 Å². The van der Waals surface area contributed by atoms with E-state index < -0.39 is 11.8 Å². The Balaban J connectivity index is 1.46. The average molecular weight is 474 g/mol. The molecule has 0 bridgehead atoms. The summed E-state index contributed by atoms with van der Waals surface area (Å²) in [6.45, 7) is 4.15. The number of rotatable bonds is 7. The molecule has 6 nitrogen and oxygen atoms in total. The van der Waals surface area contributed by atoms with Crippen LogP contribution in [0.4, 0.5) is 11.4 Å². The average Bonchev–Trinajstić information content (AvgIpc) is 3.04. The summed E-state index contributed by atoms with van der Waals surface area (Å²) in [6.07, 6.45) is 0.532. The molecule has 3 amide bonds. The predicted octanol–water partition coefficient (Wildman–Crippen LogP) is 5.03. The van der Waals surface area contributed by atoms with Gasteiger partial charge in [-0.15, -0.1) is 0 Å². The van der Waals surface area contributed by atoms with Gasteiger partial charge in [-0.1, -0.05) is 60.1 Å². The second-order valence-corrected chi connectivity index (χ2v) is 8.47. The Kier molecular flexibility index (Phi) is 6.80. The normalized spacial score (nSPS) is 13.4. The number of hydrogen-bond acceptors (Lipinski definition) is 4. The summed E-state index contributed by atoms with van der Waals surface area (Å²) in [5.41, 5.74) is 4.71. The van der Waals surface area contributed by atoms with Crippen LogP contribution in [0.3, 0.4) is 0 Å². The van der Waals surface area contributed by atoms with Gasteiger partial charge < -0.3 is 10.6 Å². The number of halogens is 1. The van der Waals surface area contributed by atoms with Crippen molar-refractivity contribution in [1.82, 2.24) is 4.90 Å². The maximum Gasteiger partial charge on any atom is 0.278 e. The van der Waals surface area contributed by atoms with E-state index in [0.717, 1.165) is 27.3 Å². The number of nitrogens with zero attached hydrogens (tertiary/aromatic N) is 1. The van der Waals surface area contributed by atoms with Crippen LogP contribution in [0.15, 0.2) is 83.5 Å². The number of carbonyl (C=O) groups is 3. The number of hydrogen-bond donors (Lipinski definition) is 2. The van der Waals surface area contributed by atoms with Crippen LogP contribution in [0, 0.1) is 13.8 Å². The molecular weight excluding hydrogens is 450 g/mol. The standard InChI is InChI=1S/C27H24ClN3O3/c1-17-8-6-13-22(18(17)2)30-25(32)20-11-7-12-21(16-20)29-24-23(28)26(33)31(27(24)34)15-14-19-9-4-3-5-10-19/h3-13,16,29H,14-15H2,1-2H3,(H,30,32). The first kappa shape index (κ1) is 23.3. The largest absolute Gasteiger partial charge is 0.350 e. The molecule has 3 aromatic carbocycles. The van der Waals surface area contributed by atoms with Crippen LogP contribution in [0.1, 0.15) is 27.0 Å². The first-order valence-electron chi connectivity index (χ1n) is 10.9. The topological polar surface area (TPSA) is 78.5 Å². The van der Waals surface area contributed by atoms with Gasteiger partial charge in [0, 0.05) is 23.5 Å². The van der Waals surface area contributed by atoms with Crippen LogP contribution < -0.4 is 10.6 Å². The monoisotopic (exact) mass is 473 g/mol. The third-order valence-corrected chi connectivity index (χ3v) is 6.18. The molecule has 0 spiro atoms. The van der Waals surface area contributed by atoms with Gasteiger partial charge in [0.25, 0.3) is 17.7 Å². The quantitative estimate of drug-likeness (QED) is 0.472. The number of anilines is 2. The Morgan fingerprint density at radius 3 is 2.41 bits per heavy atom. The van der Waals surface area contributed by atoms with Gasteiger partial charge in [0.1, 0.15) is 10.7 Å². The Morgan fingerprint density at radius 2 is 1.65 bits per heavy atom. The third kappa shape index (κ3) is 4.87. The van der Waals surface area contributed by atoms with Crippen molar-refractivity contribution in [3.63, 3.8) is 0 Å². The van der Waals surface area contributed by atoms with Gasteiger partial charge >= 0.3 is 0 Å². The smallest absolute Gasteiger partial charge is 0.278 e. The van der Waals surface area contributed by atoms with E-state index in [0.29, 0.717) is 17.7 Å². The van der Waals surface area contributed by atoms with Crippen molar-refractivity contribution in [2.75, 3.05) is 17.2 Å². The first-order chi connectivity index (χ1) is 16.3. The van der Waals surface area contributed by atoms with E-state index in [-0.39, 0.29) is 23.2 Å². The van der Waals surface area contributed by atoms with Gasteiger partial charge in [-0.25, -0.2) is 0 Å². The zero-order valence-corrected chi connectivity index (χ0v) is 19.6. The molecule has 1 heterocycles. The van der Waals surface area contributed by atoms with Crippen LogP contribution in [-0.4, -0.2) is 29.2 Å². The van der Waals surface area contributed by atoms with Gasteiger partial charge in [-0.3, -0.25) is 19.3 Å². The molecule has 0 saturated carbocycles. The predicted molar refractivity (Wildman–Crippen MR) is 134 cm³/mol. The fraction of sp³-hybridized carbons (Fsp3) is 0.148. The fourth-order valence-electron chi connectivity index (χ4n) is 3.71. The van der Waals surface area contributed by atoms with E-state index in [1.165, 1.54) is 0 Å². The number of benzene rings is 3. The number of carbonyl (C=O) groups excluding carboxylic acids is 3. The lowest BCUT2D eigenvalue weighted by Gasteiger charge is -2.15. The summed E-state index contributed by atoms with van der Waals surface area (Å²) in [6, 6.07) is 22.0. The van der Waals surface area contributed by atoms with Gasteiger partial charge in [0.15, 0.2) is 0 Å². The SMILES string of the molecule is Cc1cccc(NC(=O)c2cccc(NC3=C(Cl)C(=O)N(CCc4ccccc4)C3=O)c2)c1C. The van der Waals surface area contributed by atoms with E-state index in [4.69, 9.17) is 11.6 Å². The second kappa shape index (κ2) is 9.93. The first-order valence-corrected chi connectivity index (χ1v) is 11.3.